The summed E-state index contributed by atoms with van der Waals surface area (Å²) in [4.78, 5) is 0. The highest BCUT2D eigenvalue weighted by Crippen LogP contribution is 2.36. The molecule has 0 aliphatic heterocycles. The zero-order chi connectivity index (χ0) is 15.0. The molecule has 0 amide bonds. The first-order valence-corrected chi connectivity index (χ1v) is 7.19. The number of benzene rings is 2. The zero-order valence-corrected chi connectivity index (χ0v) is 12.9. The summed E-state index contributed by atoms with van der Waals surface area (Å²) >= 11 is 2.05. The van der Waals surface area contributed by atoms with Crippen LogP contribution in [0.15, 0.2) is 42.5 Å². The fourth-order valence-corrected chi connectivity index (χ4v) is 2.90. The van der Waals surface area contributed by atoms with E-state index in [4.69, 9.17) is 5.73 Å². The molecule has 0 aliphatic rings. The van der Waals surface area contributed by atoms with Crippen molar-refractivity contribution in [1.29, 1.82) is 0 Å². The molecule has 1 heterocycles. The van der Waals surface area contributed by atoms with Gasteiger partial charge in [0.2, 0.25) is 0 Å². The summed E-state index contributed by atoms with van der Waals surface area (Å²) < 4.78 is 27.0. The molecule has 2 aromatic carbocycles. The zero-order valence-electron chi connectivity index (χ0n) is 10.7. The highest BCUT2D eigenvalue weighted by molar-refractivity contribution is 14.1. The molecular weight excluding hydrogens is 387 g/mol. The topological polar surface area (TPSA) is 54.7 Å². The molecule has 3 N–H and O–H groups in total. The first-order valence-electron chi connectivity index (χ1n) is 6.11. The predicted octanol–water partition coefficient (Wildman–Crippen LogP) is 4.21. The lowest BCUT2D eigenvalue weighted by Gasteiger charge is -2.07. The number of nitrogen functional groups attached to an aromatic ring is 1. The third-order valence-electron chi connectivity index (χ3n) is 3.13. The van der Waals surface area contributed by atoms with Gasteiger partial charge < -0.3 is 5.73 Å². The van der Waals surface area contributed by atoms with E-state index >= 15 is 0 Å². The van der Waals surface area contributed by atoms with Crippen LogP contribution in [-0.2, 0) is 0 Å². The molecule has 0 saturated heterocycles. The number of hydrogen-bond acceptors (Lipinski definition) is 2. The maximum atomic E-state index is 13.2. The summed E-state index contributed by atoms with van der Waals surface area (Å²) in [5, 5.41) is 6.88. The lowest BCUT2D eigenvalue weighted by atomic mass is 10.0. The molecule has 0 radical (unpaired) electrons. The van der Waals surface area contributed by atoms with Gasteiger partial charge in [-0.3, -0.25) is 5.10 Å². The van der Waals surface area contributed by atoms with Crippen LogP contribution in [0, 0.1) is 15.2 Å². The average Bonchev–Trinajstić information content (AvgIpc) is 2.82. The van der Waals surface area contributed by atoms with Gasteiger partial charge in [0.25, 0.3) is 0 Å². The summed E-state index contributed by atoms with van der Waals surface area (Å²) in [6, 6.07) is 10.5. The molecule has 0 unspecified atom stereocenters. The quantitative estimate of drug-likeness (QED) is 0.637. The first-order chi connectivity index (χ1) is 10.1. The second-order valence-corrected chi connectivity index (χ2v) is 5.65. The normalized spacial score (nSPS) is 10.8. The van der Waals surface area contributed by atoms with Crippen LogP contribution in [0.4, 0.5) is 14.6 Å². The van der Waals surface area contributed by atoms with Gasteiger partial charge in [0, 0.05) is 9.13 Å². The molecule has 106 valence electrons. The van der Waals surface area contributed by atoms with E-state index in [2.05, 4.69) is 32.8 Å². The molecule has 3 aromatic rings. The number of H-pyrrole nitrogens is 1. The number of nitrogens with two attached hydrogens (primary N) is 1. The molecular formula is C15H10F2IN3. The van der Waals surface area contributed by atoms with Crippen molar-refractivity contribution in [2.75, 3.05) is 5.73 Å². The molecule has 6 heteroatoms. The van der Waals surface area contributed by atoms with Gasteiger partial charge in [-0.2, -0.15) is 5.10 Å². The third kappa shape index (κ3) is 2.63. The number of halogens is 3. The maximum Gasteiger partial charge on any atom is 0.153 e. The first kappa shape index (κ1) is 14.0. The minimum atomic E-state index is -0.321. The Morgan fingerprint density at radius 1 is 1.00 bits per heavy atom. The van der Waals surface area contributed by atoms with E-state index < -0.39 is 0 Å². The van der Waals surface area contributed by atoms with Gasteiger partial charge in [0.15, 0.2) is 5.82 Å². The molecule has 0 fully saturated rings. The van der Waals surface area contributed by atoms with Crippen molar-refractivity contribution in [2.24, 2.45) is 0 Å². The molecule has 0 saturated carbocycles. The molecule has 0 aliphatic carbocycles. The third-order valence-corrected chi connectivity index (χ3v) is 4.02. The van der Waals surface area contributed by atoms with Crippen LogP contribution in [0.5, 0.6) is 0 Å². The van der Waals surface area contributed by atoms with Crippen molar-refractivity contribution in [3.63, 3.8) is 0 Å². The van der Waals surface area contributed by atoms with Gasteiger partial charge in [0.1, 0.15) is 11.6 Å². The molecule has 3 rings (SSSR count). The fraction of sp³-hybridized carbons (Fsp3) is 0. The van der Waals surface area contributed by atoms with Crippen LogP contribution >= 0.6 is 22.6 Å². The Morgan fingerprint density at radius 2 is 1.67 bits per heavy atom. The lowest BCUT2D eigenvalue weighted by molar-refractivity contribution is 0.627. The van der Waals surface area contributed by atoms with Gasteiger partial charge in [-0.25, -0.2) is 8.78 Å². The Labute approximate surface area is 133 Å². The van der Waals surface area contributed by atoms with Crippen molar-refractivity contribution < 1.29 is 8.78 Å². The average molecular weight is 397 g/mol. The number of nitrogens with one attached hydrogen (secondary N) is 1. The Kier molecular flexibility index (Phi) is 3.62. The molecule has 0 bridgehead atoms. The van der Waals surface area contributed by atoms with Crippen LogP contribution < -0.4 is 5.73 Å². The summed E-state index contributed by atoms with van der Waals surface area (Å²) in [5.74, 6) is -0.311. The molecule has 0 atom stereocenters. The largest absolute Gasteiger partial charge is 0.382 e. The molecule has 0 spiro atoms. The lowest BCUT2D eigenvalue weighted by Crippen LogP contribution is -1.91. The van der Waals surface area contributed by atoms with Crippen molar-refractivity contribution in [2.45, 2.75) is 0 Å². The summed E-state index contributed by atoms with van der Waals surface area (Å²) in [7, 11) is 0. The maximum absolute atomic E-state index is 13.2. The second-order valence-electron chi connectivity index (χ2n) is 4.49. The van der Waals surface area contributed by atoms with Crippen molar-refractivity contribution in [3.05, 3.63) is 57.7 Å². The highest BCUT2D eigenvalue weighted by Gasteiger charge is 2.17. The molecule has 3 nitrogen and oxygen atoms in total. The number of anilines is 1. The second kappa shape index (κ2) is 5.44. The van der Waals surface area contributed by atoms with Crippen LogP contribution in [0.25, 0.3) is 22.4 Å². The summed E-state index contributed by atoms with van der Waals surface area (Å²) in [5.41, 5.74) is 8.82. The standard InChI is InChI=1S/C15H10F2IN3/c16-9-3-1-8(2-4-9)13-14(20-21-15(13)19)11-6-5-10(17)7-12(11)18/h1-7H,(H3,19,20,21). The number of aromatic amines is 1. The Bertz CT molecular complexity index is 797. The van der Waals surface area contributed by atoms with E-state index in [1.54, 1.807) is 18.2 Å². The predicted molar refractivity (Wildman–Crippen MR) is 86.5 cm³/mol. The Morgan fingerprint density at radius 3 is 2.33 bits per heavy atom. The minimum absolute atomic E-state index is 0.307. The summed E-state index contributed by atoms with van der Waals surface area (Å²) in [6.07, 6.45) is 0. The molecule has 21 heavy (non-hydrogen) atoms. The van der Waals surface area contributed by atoms with Crippen LogP contribution in [0.1, 0.15) is 0 Å². The van der Waals surface area contributed by atoms with Gasteiger partial charge in [-0.1, -0.05) is 12.1 Å². The highest BCUT2D eigenvalue weighted by atomic mass is 127. The van der Waals surface area contributed by atoms with E-state index in [0.717, 1.165) is 14.7 Å². The smallest absolute Gasteiger partial charge is 0.153 e. The van der Waals surface area contributed by atoms with Crippen LogP contribution in [0.2, 0.25) is 0 Å². The van der Waals surface area contributed by atoms with E-state index in [1.165, 1.54) is 24.3 Å². The summed E-state index contributed by atoms with van der Waals surface area (Å²) in [6.45, 7) is 0. The van der Waals surface area contributed by atoms with E-state index in [1.807, 2.05) is 0 Å². The monoisotopic (exact) mass is 397 g/mol. The van der Waals surface area contributed by atoms with Crippen molar-refractivity contribution >= 4 is 28.4 Å². The fourth-order valence-electron chi connectivity index (χ4n) is 2.15. The molecule has 1 aromatic heterocycles. The number of rotatable bonds is 2. The van der Waals surface area contributed by atoms with Crippen LogP contribution in [-0.4, -0.2) is 10.2 Å². The van der Waals surface area contributed by atoms with Crippen LogP contribution in [0.3, 0.4) is 0 Å². The van der Waals surface area contributed by atoms with Gasteiger partial charge in [-0.05, 0) is 58.5 Å². The Balaban J connectivity index is 2.19. The van der Waals surface area contributed by atoms with Crippen molar-refractivity contribution in [3.8, 4) is 22.4 Å². The Hall–Kier alpha value is -1.96. The van der Waals surface area contributed by atoms with Crippen molar-refractivity contribution in [1.82, 2.24) is 10.2 Å². The van der Waals surface area contributed by atoms with E-state index in [0.29, 0.717) is 17.1 Å². The van der Waals surface area contributed by atoms with Gasteiger partial charge in [0.05, 0.1) is 11.3 Å². The number of aromatic nitrogens is 2. The number of hydrogen-bond donors (Lipinski definition) is 2. The minimum Gasteiger partial charge on any atom is -0.382 e. The van der Waals surface area contributed by atoms with E-state index in [9.17, 15) is 8.78 Å². The van der Waals surface area contributed by atoms with Gasteiger partial charge >= 0.3 is 0 Å². The van der Waals surface area contributed by atoms with Gasteiger partial charge in [-0.15, -0.1) is 0 Å². The SMILES string of the molecule is Nc1n[nH]c(-c2ccc(F)cc2I)c1-c1ccc(F)cc1. The van der Waals surface area contributed by atoms with E-state index in [-0.39, 0.29) is 11.6 Å². The number of nitrogens with zero attached hydrogens (tertiary/aromatic N) is 1.